The van der Waals surface area contributed by atoms with Gasteiger partial charge in [0.25, 0.3) is 0 Å². The molecule has 1 saturated carbocycles. The van der Waals surface area contributed by atoms with E-state index in [0.29, 0.717) is 61.1 Å². The van der Waals surface area contributed by atoms with Crippen molar-refractivity contribution in [3.63, 3.8) is 0 Å². The van der Waals surface area contributed by atoms with E-state index in [9.17, 15) is 19.2 Å². The van der Waals surface area contributed by atoms with Crippen LogP contribution in [-0.2, 0) is 33.9 Å². The van der Waals surface area contributed by atoms with Crippen molar-refractivity contribution in [1.29, 1.82) is 0 Å². The molecule has 10 nitrogen and oxygen atoms in total. The molecule has 3 aromatic heterocycles. The summed E-state index contributed by atoms with van der Waals surface area (Å²) in [4.78, 5) is 64.5. The number of hydrogen-bond acceptors (Lipinski definition) is 8. The Kier molecular flexibility index (Phi) is 7.29. The molecule has 10 heteroatoms. The number of amides is 1. The number of carbonyl (C=O) groups is 4. The first kappa shape index (κ1) is 28.3. The largest absolute Gasteiger partial charge is 0.327 e. The lowest BCUT2D eigenvalue weighted by atomic mass is 9.90. The van der Waals surface area contributed by atoms with Crippen LogP contribution in [0.5, 0.6) is 0 Å². The topological polar surface area (TPSA) is 127 Å². The SMILES string of the molecule is CC(=O)c1nn2c3c(nc(C)cc13)CNCCCC(=O)CC[C@@]13C[C@@H](C(=O)Cc4nc(C)ccc4C)N(C(=O)C2)[C@@H]1C3. The zero-order chi connectivity index (χ0) is 29.8. The third-order valence-corrected chi connectivity index (χ3v) is 9.31. The van der Waals surface area contributed by atoms with Gasteiger partial charge in [0, 0.05) is 49.1 Å². The van der Waals surface area contributed by atoms with Crippen molar-refractivity contribution in [1.82, 2.24) is 30.0 Å². The summed E-state index contributed by atoms with van der Waals surface area (Å²) >= 11 is 0. The third-order valence-electron chi connectivity index (χ3n) is 9.31. The monoisotopic (exact) mass is 570 g/mol. The normalized spacial score (nSPS) is 24.6. The predicted octanol–water partition coefficient (Wildman–Crippen LogP) is 3.36. The van der Waals surface area contributed by atoms with Crippen LogP contribution < -0.4 is 5.32 Å². The van der Waals surface area contributed by atoms with Gasteiger partial charge < -0.3 is 10.2 Å². The van der Waals surface area contributed by atoms with Gasteiger partial charge in [-0.05, 0) is 76.1 Å². The van der Waals surface area contributed by atoms with Gasteiger partial charge in [-0.2, -0.15) is 5.10 Å². The Balaban J connectivity index is 1.38. The number of pyridine rings is 2. The summed E-state index contributed by atoms with van der Waals surface area (Å²) in [6, 6.07) is 5.07. The van der Waals surface area contributed by atoms with E-state index in [-0.39, 0.29) is 47.7 Å². The highest BCUT2D eigenvalue weighted by molar-refractivity contribution is 6.05. The van der Waals surface area contributed by atoms with Crippen molar-refractivity contribution in [2.75, 3.05) is 6.54 Å². The highest BCUT2D eigenvalue weighted by Crippen LogP contribution is 2.62. The molecule has 0 unspecified atom stereocenters. The van der Waals surface area contributed by atoms with Crippen LogP contribution >= 0.6 is 0 Å². The summed E-state index contributed by atoms with van der Waals surface area (Å²) in [7, 11) is 0. The number of piperidine rings is 1. The standard InChI is InChI=1S/C32H38N6O4/c1-18-7-8-19(2)34-24(18)13-27(41)26-14-32-10-9-22(40)6-5-11-33-16-25-31-23(12-20(3)35-25)30(21(4)39)36-37(31)17-29(42)38(26)28(32)15-32/h7-8,12,26,28,33H,5-6,9-11,13-17H2,1-4H3/t26-,28+,32-/m0/s1. The van der Waals surface area contributed by atoms with Crippen molar-refractivity contribution in [2.45, 2.75) is 97.8 Å². The van der Waals surface area contributed by atoms with Crippen molar-refractivity contribution < 1.29 is 19.2 Å². The number of rotatable bonds is 4. The number of aromatic nitrogens is 4. The average Bonchev–Trinajstić information content (AvgIpc) is 3.35. The lowest BCUT2D eigenvalue weighted by Crippen LogP contribution is -2.45. The van der Waals surface area contributed by atoms with Crippen molar-refractivity contribution >= 4 is 34.2 Å². The molecule has 2 bridgehead atoms. The lowest BCUT2D eigenvalue weighted by molar-refractivity contribution is -0.139. The minimum Gasteiger partial charge on any atom is -0.327 e. The van der Waals surface area contributed by atoms with E-state index in [4.69, 9.17) is 4.98 Å². The molecule has 6 rings (SSSR count). The van der Waals surface area contributed by atoms with Gasteiger partial charge in [-0.1, -0.05) is 6.07 Å². The molecule has 0 aromatic carbocycles. The summed E-state index contributed by atoms with van der Waals surface area (Å²) in [5.74, 6) is -0.200. The minimum atomic E-state index is -0.584. The first-order chi connectivity index (χ1) is 20.1. The van der Waals surface area contributed by atoms with Gasteiger partial charge in [0.2, 0.25) is 5.91 Å². The molecule has 3 aromatic rings. The molecule has 1 N–H and O–H groups in total. The van der Waals surface area contributed by atoms with E-state index < -0.39 is 6.04 Å². The molecule has 0 radical (unpaired) electrons. The van der Waals surface area contributed by atoms with Crippen molar-refractivity contribution in [3.05, 3.63) is 52.2 Å². The Morgan fingerprint density at radius 1 is 1.07 bits per heavy atom. The van der Waals surface area contributed by atoms with E-state index in [0.717, 1.165) is 35.5 Å². The van der Waals surface area contributed by atoms with Crippen LogP contribution in [0.25, 0.3) is 10.9 Å². The van der Waals surface area contributed by atoms with Crippen LogP contribution in [0.4, 0.5) is 0 Å². The number of aryl methyl sites for hydroxylation is 3. The maximum atomic E-state index is 14.2. The summed E-state index contributed by atoms with van der Waals surface area (Å²) in [5.41, 5.74) is 4.73. The fourth-order valence-corrected chi connectivity index (χ4v) is 7.03. The van der Waals surface area contributed by atoms with Crippen molar-refractivity contribution in [3.8, 4) is 0 Å². The molecule has 1 aliphatic carbocycles. The van der Waals surface area contributed by atoms with E-state index in [1.807, 2.05) is 39.0 Å². The Labute approximate surface area is 245 Å². The van der Waals surface area contributed by atoms with Crippen LogP contribution in [0.2, 0.25) is 0 Å². The van der Waals surface area contributed by atoms with E-state index in [1.54, 1.807) is 9.58 Å². The smallest absolute Gasteiger partial charge is 0.245 e. The highest BCUT2D eigenvalue weighted by atomic mass is 16.2. The fraction of sp³-hybridized carbons (Fsp3) is 0.531. The van der Waals surface area contributed by atoms with Gasteiger partial charge in [0.1, 0.15) is 18.0 Å². The lowest BCUT2D eigenvalue weighted by Gasteiger charge is -2.27. The quantitative estimate of drug-likeness (QED) is 0.473. The number of hydrogen-bond donors (Lipinski definition) is 1. The minimum absolute atomic E-state index is 0.0303. The Morgan fingerprint density at radius 3 is 2.67 bits per heavy atom. The average molecular weight is 571 g/mol. The molecule has 1 saturated heterocycles. The number of nitrogens with zero attached hydrogens (tertiary/aromatic N) is 5. The van der Waals surface area contributed by atoms with Crippen LogP contribution in [0, 0.1) is 26.2 Å². The number of ketones is 3. The first-order valence-corrected chi connectivity index (χ1v) is 14.9. The molecule has 2 fully saturated rings. The fourth-order valence-electron chi connectivity index (χ4n) is 7.03. The Hall–Kier alpha value is -3.79. The molecule has 0 spiro atoms. The zero-order valence-electron chi connectivity index (χ0n) is 24.8. The first-order valence-electron chi connectivity index (χ1n) is 14.9. The van der Waals surface area contributed by atoms with Gasteiger partial charge in [-0.3, -0.25) is 33.8 Å². The molecular formula is C32H38N6O4. The molecular weight excluding hydrogens is 532 g/mol. The third kappa shape index (κ3) is 5.17. The summed E-state index contributed by atoms with van der Waals surface area (Å²) in [6.07, 6.45) is 3.87. The van der Waals surface area contributed by atoms with Crippen LogP contribution in [0.1, 0.15) is 84.3 Å². The molecule has 5 heterocycles. The van der Waals surface area contributed by atoms with E-state index in [2.05, 4.69) is 15.4 Å². The molecule has 42 heavy (non-hydrogen) atoms. The Morgan fingerprint density at radius 2 is 1.88 bits per heavy atom. The van der Waals surface area contributed by atoms with Crippen LogP contribution in [0.3, 0.4) is 0 Å². The molecule has 3 atom stereocenters. The molecule has 3 aliphatic rings. The molecule has 1 amide bonds. The van der Waals surface area contributed by atoms with Gasteiger partial charge in [-0.15, -0.1) is 0 Å². The maximum absolute atomic E-state index is 14.2. The summed E-state index contributed by atoms with van der Waals surface area (Å²) in [5, 5.41) is 8.67. The van der Waals surface area contributed by atoms with Crippen LogP contribution in [0.15, 0.2) is 18.2 Å². The maximum Gasteiger partial charge on any atom is 0.245 e. The Bertz CT molecular complexity index is 1630. The van der Waals surface area contributed by atoms with Gasteiger partial charge in [0.15, 0.2) is 11.6 Å². The number of nitrogens with one attached hydrogen (secondary N) is 1. The van der Waals surface area contributed by atoms with E-state index >= 15 is 0 Å². The second kappa shape index (κ2) is 10.8. The summed E-state index contributed by atoms with van der Waals surface area (Å²) in [6.45, 7) is 8.17. The van der Waals surface area contributed by atoms with Gasteiger partial charge >= 0.3 is 0 Å². The van der Waals surface area contributed by atoms with Crippen molar-refractivity contribution in [2.24, 2.45) is 5.41 Å². The summed E-state index contributed by atoms with van der Waals surface area (Å²) < 4.78 is 1.60. The highest BCUT2D eigenvalue weighted by Gasteiger charge is 2.66. The second-order valence-electron chi connectivity index (χ2n) is 12.5. The second-order valence-corrected chi connectivity index (χ2v) is 12.5. The van der Waals surface area contributed by atoms with Crippen LogP contribution in [-0.4, -0.2) is 66.5 Å². The van der Waals surface area contributed by atoms with Gasteiger partial charge in [-0.25, -0.2) is 0 Å². The predicted molar refractivity (Wildman–Crippen MR) is 156 cm³/mol. The number of Topliss-reactive ketones (excluding diaryl/α,β-unsaturated/α-hetero) is 3. The van der Waals surface area contributed by atoms with E-state index in [1.165, 1.54) is 6.92 Å². The van der Waals surface area contributed by atoms with Gasteiger partial charge in [0.05, 0.1) is 29.4 Å². The zero-order valence-corrected chi connectivity index (χ0v) is 24.8. The number of carbonyl (C=O) groups excluding carboxylic acids is 4. The molecule has 220 valence electrons. The molecule has 2 aliphatic heterocycles.